The van der Waals surface area contributed by atoms with Crippen LogP contribution in [0.25, 0.3) is 0 Å². The number of ether oxygens (including phenoxy) is 1. The molecule has 0 aliphatic carbocycles. The third kappa shape index (κ3) is 10.3. The Balaban J connectivity index is 0.000000754. The molecular formula is C16H23Cl2NO5. The molecule has 1 rings (SSSR count). The molecule has 0 saturated heterocycles. The molecule has 0 aromatic heterocycles. The zero-order chi connectivity index (χ0) is 18.5. The van der Waals surface area contributed by atoms with Crippen LogP contribution in [0.4, 0.5) is 0 Å². The number of aliphatic carboxylic acids is 2. The van der Waals surface area contributed by atoms with Gasteiger partial charge >= 0.3 is 11.9 Å². The van der Waals surface area contributed by atoms with E-state index in [1.807, 2.05) is 12.1 Å². The number of benzene rings is 1. The lowest BCUT2D eigenvalue weighted by atomic mass is 10.2. The second kappa shape index (κ2) is 12.9. The summed E-state index contributed by atoms with van der Waals surface area (Å²) in [5.41, 5.74) is 0. The fourth-order valence-corrected chi connectivity index (χ4v) is 1.84. The number of nitrogens with one attached hydrogen (secondary N) is 1. The van der Waals surface area contributed by atoms with Crippen molar-refractivity contribution in [2.75, 3.05) is 13.2 Å². The van der Waals surface area contributed by atoms with E-state index in [-0.39, 0.29) is 0 Å². The van der Waals surface area contributed by atoms with Crippen LogP contribution in [0.2, 0.25) is 10.0 Å². The first-order chi connectivity index (χ1) is 11.3. The number of carboxylic acid groups (broad SMARTS) is 2. The Labute approximate surface area is 151 Å². The van der Waals surface area contributed by atoms with Crippen LogP contribution in [0.5, 0.6) is 5.75 Å². The monoisotopic (exact) mass is 379 g/mol. The first-order valence-electron chi connectivity index (χ1n) is 7.56. The maximum Gasteiger partial charge on any atom is 0.414 e. The minimum absolute atomic E-state index is 0.497. The summed E-state index contributed by atoms with van der Waals surface area (Å²) in [6.07, 6.45) is 3.27. The van der Waals surface area contributed by atoms with Gasteiger partial charge in [0.05, 0.1) is 11.6 Å². The molecular weight excluding hydrogens is 357 g/mol. The van der Waals surface area contributed by atoms with Crippen molar-refractivity contribution >= 4 is 35.1 Å². The minimum atomic E-state index is -1.82. The van der Waals surface area contributed by atoms with Crippen molar-refractivity contribution in [2.24, 2.45) is 0 Å². The molecule has 0 radical (unpaired) electrons. The van der Waals surface area contributed by atoms with Gasteiger partial charge in [0.25, 0.3) is 0 Å². The summed E-state index contributed by atoms with van der Waals surface area (Å²) < 4.78 is 5.61. The van der Waals surface area contributed by atoms with Crippen molar-refractivity contribution in [3.8, 4) is 5.75 Å². The summed E-state index contributed by atoms with van der Waals surface area (Å²) in [4.78, 5) is 18.2. The number of carboxylic acids is 2. The summed E-state index contributed by atoms with van der Waals surface area (Å²) in [6, 6.07) is 6.03. The molecule has 0 spiro atoms. The summed E-state index contributed by atoms with van der Waals surface area (Å²) in [7, 11) is 0. The van der Waals surface area contributed by atoms with Gasteiger partial charge in [-0.05, 0) is 44.9 Å². The molecule has 0 aliphatic heterocycles. The van der Waals surface area contributed by atoms with Crippen LogP contribution in [0, 0.1) is 0 Å². The average Bonchev–Trinajstić information content (AvgIpc) is 2.54. The van der Waals surface area contributed by atoms with Gasteiger partial charge in [0.2, 0.25) is 0 Å². The lowest BCUT2D eigenvalue weighted by molar-refractivity contribution is -0.159. The molecule has 3 N–H and O–H groups in total. The van der Waals surface area contributed by atoms with Crippen molar-refractivity contribution < 1.29 is 24.5 Å². The third-order valence-electron chi connectivity index (χ3n) is 3.03. The molecule has 6 nitrogen and oxygen atoms in total. The molecule has 8 heteroatoms. The van der Waals surface area contributed by atoms with E-state index in [1.165, 1.54) is 0 Å². The molecule has 1 aromatic rings. The summed E-state index contributed by atoms with van der Waals surface area (Å²) in [5.74, 6) is -2.98. The highest BCUT2D eigenvalue weighted by molar-refractivity contribution is 6.42. The van der Waals surface area contributed by atoms with Gasteiger partial charge in [-0.1, -0.05) is 36.2 Å². The molecule has 0 saturated carbocycles. The van der Waals surface area contributed by atoms with E-state index in [2.05, 4.69) is 19.2 Å². The molecule has 1 atom stereocenters. The zero-order valence-electron chi connectivity index (χ0n) is 13.7. The number of halogens is 2. The number of rotatable bonds is 8. The third-order valence-corrected chi connectivity index (χ3v) is 3.83. The lowest BCUT2D eigenvalue weighted by Gasteiger charge is -2.11. The highest BCUT2D eigenvalue weighted by Crippen LogP contribution is 2.31. The van der Waals surface area contributed by atoms with Crippen molar-refractivity contribution in [1.29, 1.82) is 0 Å². The minimum Gasteiger partial charge on any atom is -0.492 e. The Morgan fingerprint density at radius 1 is 1.21 bits per heavy atom. The summed E-state index contributed by atoms with van der Waals surface area (Å²) in [5, 5.41) is 19.3. The van der Waals surface area contributed by atoms with Crippen molar-refractivity contribution in [3.05, 3.63) is 28.2 Å². The van der Waals surface area contributed by atoms with Crippen LogP contribution < -0.4 is 10.1 Å². The van der Waals surface area contributed by atoms with E-state index in [0.29, 0.717) is 28.4 Å². The fourth-order valence-electron chi connectivity index (χ4n) is 1.50. The number of hydrogen-bond donors (Lipinski definition) is 3. The topological polar surface area (TPSA) is 95.9 Å². The summed E-state index contributed by atoms with van der Waals surface area (Å²) in [6.45, 7) is 6.08. The molecule has 0 heterocycles. The zero-order valence-corrected chi connectivity index (χ0v) is 15.2. The van der Waals surface area contributed by atoms with Crippen molar-refractivity contribution in [2.45, 2.75) is 39.2 Å². The highest BCUT2D eigenvalue weighted by Gasteiger charge is 2.05. The lowest BCUT2D eigenvalue weighted by Crippen LogP contribution is -2.26. The fraction of sp³-hybridized carbons (Fsp3) is 0.500. The van der Waals surface area contributed by atoms with E-state index < -0.39 is 11.9 Å². The maximum absolute atomic E-state index is 9.10. The van der Waals surface area contributed by atoms with Gasteiger partial charge < -0.3 is 20.3 Å². The molecule has 0 amide bonds. The Hall–Kier alpha value is -1.50. The van der Waals surface area contributed by atoms with E-state index in [1.54, 1.807) is 6.07 Å². The molecule has 0 bridgehead atoms. The van der Waals surface area contributed by atoms with Gasteiger partial charge in [-0.2, -0.15) is 0 Å². The maximum atomic E-state index is 9.10. The van der Waals surface area contributed by atoms with E-state index in [0.717, 1.165) is 25.8 Å². The SMILES string of the molecule is CCC(C)NCCCCOc1cccc(Cl)c1Cl.O=C(O)C(=O)O. The Kier molecular flexibility index (Phi) is 12.1. The van der Waals surface area contributed by atoms with Crippen LogP contribution in [0.15, 0.2) is 18.2 Å². The van der Waals surface area contributed by atoms with Crippen LogP contribution >= 0.6 is 23.2 Å². The second-order valence-electron chi connectivity index (χ2n) is 4.98. The molecule has 1 aromatic carbocycles. The molecule has 0 aliphatic rings. The average molecular weight is 380 g/mol. The second-order valence-corrected chi connectivity index (χ2v) is 5.77. The standard InChI is InChI=1S/C14H21Cl2NO.C2H2O4/c1-3-11(2)17-9-4-5-10-18-13-8-6-7-12(15)14(13)16;3-1(4)2(5)6/h6-8,11,17H,3-5,9-10H2,1-2H3;(H,3,4)(H,5,6). The Morgan fingerprint density at radius 2 is 1.83 bits per heavy atom. The first-order valence-corrected chi connectivity index (χ1v) is 8.31. The summed E-state index contributed by atoms with van der Waals surface area (Å²) >= 11 is 11.9. The number of carbonyl (C=O) groups is 2. The van der Waals surface area contributed by atoms with Gasteiger partial charge in [0.15, 0.2) is 0 Å². The van der Waals surface area contributed by atoms with Crippen LogP contribution in [-0.4, -0.2) is 41.3 Å². The Morgan fingerprint density at radius 3 is 2.38 bits per heavy atom. The van der Waals surface area contributed by atoms with E-state index >= 15 is 0 Å². The van der Waals surface area contributed by atoms with Crippen molar-refractivity contribution in [1.82, 2.24) is 5.32 Å². The van der Waals surface area contributed by atoms with Gasteiger partial charge in [-0.15, -0.1) is 0 Å². The van der Waals surface area contributed by atoms with Crippen LogP contribution in [-0.2, 0) is 9.59 Å². The van der Waals surface area contributed by atoms with Crippen LogP contribution in [0.1, 0.15) is 33.1 Å². The smallest absolute Gasteiger partial charge is 0.414 e. The molecule has 24 heavy (non-hydrogen) atoms. The molecule has 0 fully saturated rings. The Bertz CT molecular complexity index is 513. The largest absolute Gasteiger partial charge is 0.492 e. The molecule has 136 valence electrons. The van der Waals surface area contributed by atoms with Crippen LogP contribution in [0.3, 0.4) is 0 Å². The first kappa shape index (κ1) is 22.5. The number of unbranched alkanes of at least 4 members (excludes halogenated alkanes) is 1. The highest BCUT2D eigenvalue weighted by atomic mass is 35.5. The normalized spacial score (nSPS) is 11.2. The number of hydrogen-bond acceptors (Lipinski definition) is 4. The molecule has 1 unspecified atom stereocenters. The van der Waals surface area contributed by atoms with Gasteiger partial charge in [-0.25, -0.2) is 9.59 Å². The van der Waals surface area contributed by atoms with E-state index in [9.17, 15) is 0 Å². The van der Waals surface area contributed by atoms with E-state index in [4.69, 9.17) is 47.7 Å². The van der Waals surface area contributed by atoms with Gasteiger partial charge in [0, 0.05) is 6.04 Å². The quantitative estimate of drug-likeness (QED) is 0.470. The predicted octanol–water partition coefficient (Wildman–Crippen LogP) is 3.70. The predicted molar refractivity (Wildman–Crippen MR) is 94.2 cm³/mol. The van der Waals surface area contributed by atoms with Gasteiger partial charge in [0.1, 0.15) is 10.8 Å². The van der Waals surface area contributed by atoms with Crippen molar-refractivity contribution in [3.63, 3.8) is 0 Å². The van der Waals surface area contributed by atoms with Gasteiger partial charge in [-0.3, -0.25) is 0 Å².